The second-order valence-electron chi connectivity index (χ2n) is 5.42. The van der Waals surface area contributed by atoms with E-state index in [4.69, 9.17) is 4.74 Å². The minimum atomic E-state index is -1.03. The topological polar surface area (TPSA) is 105 Å². The van der Waals surface area contributed by atoms with Crippen molar-refractivity contribution in [2.45, 2.75) is 6.04 Å². The standard InChI is InChI=1S/C19H16N6O2/c1-27-13-21-18-17(23-24-25(18)15-10-6-3-7-11-15)16(12-20)22-19(26)14-8-4-2-5-9-14/h2-11,13,16H,1H3,(H,22,26)/b21-13+. The number of carbonyl (C=O) groups excluding carboxylic acids is 1. The third kappa shape index (κ3) is 3.99. The molecule has 1 N–H and O–H groups in total. The highest BCUT2D eigenvalue weighted by atomic mass is 16.5. The van der Waals surface area contributed by atoms with Gasteiger partial charge in [0.25, 0.3) is 5.91 Å². The van der Waals surface area contributed by atoms with Crippen LogP contribution in [0.1, 0.15) is 22.1 Å². The summed E-state index contributed by atoms with van der Waals surface area (Å²) >= 11 is 0. The molecule has 0 aliphatic heterocycles. The molecule has 27 heavy (non-hydrogen) atoms. The number of para-hydroxylation sites is 1. The van der Waals surface area contributed by atoms with Gasteiger partial charge in [-0.15, -0.1) is 5.10 Å². The number of ether oxygens (including phenoxy) is 1. The quantitative estimate of drug-likeness (QED) is 0.537. The molecule has 0 saturated heterocycles. The maximum atomic E-state index is 12.4. The summed E-state index contributed by atoms with van der Waals surface area (Å²) in [4.78, 5) is 16.6. The summed E-state index contributed by atoms with van der Waals surface area (Å²) in [6, 6.07) is 18.9. The predicted octanol–water partition coefficient (Wildman–Crippen LogP) is 2.57. The van der Waals surface area contributed by atoms with Crippen molar-refractivity contribution in [3.8, 4) is 11.8 Å². The van der Waals surface area contributed by atoms with Crippen LogP contribution in [0.3, 0.4) is 0 Å². The Balaban J connectivity index is 1.96. The van der Waals surface area contributed by atoms with E-state index in [2.05, 4.69) is 20.6 Å². The van der Waals surface area contributed by atoms with Crippen LogP contribution in [-0.2, 0) is 4.74 Å². The van der Waals surface area contributed by atoms with Crippen molar-refractivity contribution in [3.05, 3.63) is 71.9 Å². The van der Waals surface area contributed by atoms with E-state index in [0.717, 1.165) is 0 Å². The number of aromatic nitrogens is 3. The number of hydrogen-bond donors (Lipinski definition) is 1. The molecule has 0 aliphatic rings. The largest absolute Gasteiger partial charge is 0.486 e. The number of nitriles is 1. The van der Waals surface area contributed by atoms with Crippen molar-refractivity contribution in [2.24, 2.45) is 4.99 Å². The van der Waals surface area contributed by atoms with Gasteiger partial charge in [-0.1, -0.05) is 41.6 Å². The Labute approximate surface area is 155 Å². The van der Waals surface area contributed by atoms with Crippen molar-refractivity contribution >= 4 is 18.1 Å². The monoisotopic (exact) mass is 360 g/mol. The number of rotatable bonds is 6. The van der Waals surface area contributed by atoms with Crippen LogP contribution in [0.2, 0.25) is 0 Å². The zero-order chi connectivity index (χ0) is 19.1. The Bertz CT molecular complexity index is 976. The molecule has 1 amide bonds. The second kappa shape index (κ2) is 8.40. The Morgan fingerprint density at radius 1 is 1.22 bits per heavy atom. The lowest BCUT2D eigenvalue weighted by atomic mass is 10.1. The predicted molar refractivity (Wildman–Crippen MR) is 98.8 cm³/mol. The first kappa shape index (κ1) is 17.8. The molecule has 0 fully saturated rings. The van der Waals surface area contributed by atoms with Gasteiger partial charge in [-0.25, -0.2) is 0 Å². The fourth-order valence-electron chi connectivity index (χ4n) is 2.41. The van der Waals surface area contributed by atoms with Crippen LogP contribution in [0.5, 0.6) is 0 Å². The minimum Gasteiger partial charge on any atom is -0.486 e. The van der Waals surface area contributed by atoms with Crippen molar-refractivity contribution in [2.75, 3.05) is 7.11 Å². The van der Waals surface area contributed by atoms with Crippen molar-refractivity contribution in [1.29, 1.82) is 5.26 Å². The first-order valence-corrected chi connectivity index (χ1v) is 8.06. The van der Waals surface area contributed by atoms with Gasteiger partial charge in [0.1, 0.15) is 5.69 Å². The van der Waals surface area contributed by atoms with E-state index in [1.165, 1.54) is 18.2 Å². The highest BCUT2D eigenvalue weighted by Crippen LogP contribution is 2.26. The molecule has 0 radical (unpaired) electrons. The molecule has 8 heteroatoms. The Hall–Kier alpha value is -3.99. The third-order valence-corrected chi connectivity index (χ3v) is 3.67. The first-order valence-electron chi connectivity index (χ1n) is 8.06. The number of aliphatic imine (C=N–C) groups is 1. The molecule has 1 heterocycles. The maximum absolute atomic E-state index is 12.4. The van der Waals surface area contributed by atoms with Gasteiger partial charge < -0.3 is 10.1 Å². The fourth-order valence-corrected chi connectivity index (χ4v) is 2.41. The van der Waals surface area contributed by atoms with Crippen LogP contribution in [0, 0.1) is 11.3 Å². The maximum Gasteiger partial charge on any atom is 0.252 e. The van der Waals surface area contributed by atoms with Gasteiger partial charge in [-0.2, -0.15) is 14.9 Å². The summed E-state index contributed by atoms with van der Waals surface area (Å²) in [6.07, 6.45) is 1.22. The third-order valence-electron chi connectivity index (χ3n) is 3.67. The van der Waals surface area contributed by atoms with Gasteiger partial charge in [0.05, 0.1) is 18.9 Å². The minimum absolute atomic E-state index is 0.221. The highest BCUT2D eigenvalue weighted by Gasteiger charge is 2.24. The Morgan fingerprint density at radius 3 is 2.52 bits per heavy atom. The average molecular weight is 360 g/mol. The molecule has 0 bridgehead atoms. The number of nitrogens with one attached hydrogen (secondary N) is 1. The molecule has 3 aromatic rings. The Kier molecular flexibility index (Phi) is 5.54. The summed E-state index contributed by atoms with van der Waals surface area (Å²) in [5.74, 6) is -0.0963. The average Bonchev–Trinajstić information content (AvgIpc) is 3.15. The highest BCUT2D eigenvalue weighted by molar-refractivity contribution is 5.94. The van der Waals surface area contributed by atoms with E-state index < -0.39 is 11.9 Å². The summed E-state index contributed by atoms with van der Waals surface area (Å²) in [6.45, 7) is 0. The number of hydrogen-bond acceptors (Lipinski definition) is 6. The lowest BCUT2D eigenvalue weighted by Gasteiger charge is -2.10. The number of nitrogens with zero attached hydrogens (tertiary/aromatic N) is 5. The van der Waals surface area contributed by atoms with Crippen molar-refractivity contribution in [1.82, 2.24) is 20.3 Å². The molecule has 1 aromatic heterocycles. The molecule has 2 aromatic carbocycles. The van der Waals surface area contributed by atoms with Crippen molar-refractivity contribution < 1.29 is 9.53 Å². The number of benzene rings is 2. The fraction of sp³-hybridized carbons (Fsp3) is 0.105. The van der Waals surface area contributed by atoms with E-state index in [1.807, 2.05) is 42.5 Å². The molecule has 0 saturated carbocycles. The van der Waals surface area contributed by atoms with Crippen molar-refractivity contribution in [3.63, 3.8) is 0 Å². The first-order chi connectivity index (χ1) is 13.2. The zero-order valence-electron chi connectivity index (χ0n) is 14.5. The van der Waals surface area contributed by atoms with Gasteiger partial charge in [-0.3, -0.25) is 4.79 Å². The van der Waals surface area contributed by atoms with Crippen LogP contribution in [0.15, 0.2) is 65.7 Å². The molecular formula is C19H16N6O2. The van der Waals surface area contributed by atoms with Gasteiger partial charge in [0, 0.05) is 5.56 Å². The molecular weight excluding hydrogens is 344 g/mol. The lowest BCUT2D eigenvalue weighted by Crippen LogP contribution is -2.28. The summed E-state index contributed by atoms with van der Waals surface area (Å²) in [7, 11) is 1.46. The number of methoxy groups -OCH3 is 1. The molecule has 3 rings (SSSR count). The van der Waals surface area contributed by atoms with Crippen LogP contribution in [0.25, 0.3) is 5.69 Å². The number of carbonyl (C=O) groups is 1. The number of amides is 1. The van der Waals surface area contributed by atoms with Crippen LogP contribution in [-0.4, -0.2) is 34.4 Å². The molecule has 134 valence electrons. The summed E-state index contributed by atoms with van der Waals surface area (Å²) in [5.41, 5.74) is 1.37. The SMILES string of the molecule is CO/C=N/c1c(C(C#N)NC(=O)c2ccccc2)nnn1-c1ccccc1. The Morgan fingerprint density at radius 2 is 1.89 bits per heavy atom. The molecule has 8 nitrogen and oxygen atoms in total. The molecule has 1 unspecified atom stereocenters. The normalized spacial score (nSPS) is 11.7. The van der Waals surface area contributed by atoms with Crippen LogP contribution in [0.4, 0.5) is 5.82 Å². The molecule has 0 spiro atoms. The van der Waals surface area contributed by atoms with E-state index in [1.54, 1.807) is 24.3 Å². The van der Waals surface area contributed by atoms with E-state index in [9.17, 15) is 10.1 Å². The summed E-state index contributed by atoms with van der Waals surface area (Å²) < 4.78 is 6.37. The van der Waals surface area contributed by atoms with Gasteiger partial charge in [0.2, 0.25) is 0 Å². The molecule has 1 atom stereocenters. The summed E-state index contributed by atoms with van der Waals surface area (Å²) in [5, 5.41) is 20.4. The van der Waals surface area contributed by atoms with E-state index in [-0.39, 0.29) is 5.69 Å². The smallest absolute Gasteiger partial charge is 0.252 e. The van der Waals surface area contributed by atoms with Gasteiger partial charge >= 0.3 is 0 Å². The van der Waals surface area contributed by atoms with Crippen LogP contribution < -0.4 is 5.32 Å². The second-order valence-corrected chi connectivity index (χ2v) is 5.42. The van der Waals surface area contributed by atoms with Gasteiger partial charge in [-0.05, 0) is 24.3 Å². The van der Waals surface area contributed by atoms with Gasteiger partial charge in [0.15, 0.2) is 18.3 Å². The molecule has 0 aliphatic carbocycles. The lowest BCUT2D eigenvalue weighted by molar-refractivity contribution is 0.0944. The van der Waals surface area contributed by atoms with Crippen LogP contribution >= 0.6 is 0 Å². The van der Waals surface area contributed by atoms with E-state index >= 15 is 0 Å². The van der Waals surface area contributed by atoms with E-state index in [0.29, 0.717) is 17.1 Å². The zero-order valence-corrected chi connectivity index (χ0v) is 14.5.